The van der Waals surface area contributed by atoms with Crippen LogP contribution < -0.4 is 0 Å². The van der Waals surface area contributed by atoms with Crippen LogP contribution in [0.15, 0.2) is 48.5 Å². The summed E-state index contributed by atoms with van der Waals surface area (Å²) in [5.74, 6) is -2.02. The van der Waals surface area contributed by atoms with Gasteiger partial charge in [0.05, 0.1) is 5.56 Å². The lowest BCUT2D eigenvalue weighted by Crippen LogP contribution is -2.27. The molecule has 2 unspecified atom stereocenters. The molecule has 2 N–H and O–H groups in total. The largest absolute Gasteiger partial charge is 0.480 e. The standard InChI is InChI=1S/C19H20O5S/c1-13-2-4-14(5-3-13)8-11-17(19(22)23)25(24)12-15-6-9-16(10-7-15)18(20)21/h2-7,9-10,17H,8,11-12H2,1H3,(H,20,21)(H,22,23). The highest BCUT2D eigenvalue weighted by Crippen LogP contribution is 2.15. The molecular formula is C19H20O5S. The van der Waals surface area contributed by atoms with Crippen LogP contribution in [0.1, 0.15) is 33.5 Å². The number of carboxylic acid groups (broad SMARTS) is 2. The minimum absolute atomic E-state index is 0.0881. The van der Waals surface area contributed by atoms with E-state index in [9.17, 15) is 18.9 Å². The Morgan fingerprint density at radius 2 is 1.52 bits per heavy atom. The fourth-order valence-corrected chi connectivity index (χ4v) is 3.76. The highest BCUT2D eigenvalue weighted by Gasteiger charge is 2.24. The van der Waals surface area contributed by atoms with Crippen LogP contribution in [0.3, 0.4) is 0 Å². The second kappa shape index (κ2) is 8.58. The maximum absolute atomic E-state index is 12.5. The Morgan fingerprint density at radius 1 is 0.960 bits per heavy atom. The minimum atomic E-state index is -1.58. The summed E-state index contributed by atoms with van der Waals surface area (Å²) in [5, 5.41) is 17.3. The van der Waals surface area contributed by atoms with Gasteiger partial charge in [0.1, 0.15) is 5.25 Å². The topological polar surface area (TPSA) is 91.7 Å². The maximum atomic E-state index is 12.5. The number of carbonyl (C=O) groups is 2. The summed E-state index contributed by atoms with van der Waals surface area (Å²) in [7, 11) is -1.58. The van der Waals surface area contributed by atoms with Gasteiger partial charge in [-0.1, -0.05) is 42.0 Å². The third-order valence-corrected chi connectivity index (χ3v) is 5.61. The first-order valence-electron chi connectivity index (χ1n) is 7.84. The van der Waals surface area contributed by atoms with E-state index >= 15 is 0 Å². The molecule has 0 bridgehead atoms. The van der Waals surface area contributed by atoms with E-state index in [4.69, 9.17) is 5.11 Å². The van der Waals surface area contributed by atoms with Crippen LogP contribution in [0.4, 0.5) is 0 Å². The molecule has 5 nitrogen and oxygen atoms in total. The van der Waals surface area contributed by atoms with Crippen molar-refractivity contribution in [1.82, 2.24) is 0 Å². The summed E-state index contributed by atoms with van der Waals surface area (Å²) >= 11 is 0. The van der Waals surface area contributed by atoms with Crippen LogP contribution in [-0.2, 0) is 27.8 Å². The molecule has 2 rings (SSSR count). The Labute approximate surface area is 148 Å². The van der Waals surface area contributed by atoms with Gasteiger partial charge in [0, 0.05) is 16.6 Å². The Bertz CT molecular complexity index is 765. The molecule has 2 aromatic rings. The minimum Gasteiger partial charge on any atom is -0.480 e. The lowest BCUT2D eigenvalue weighted by atomic mass is 10.1. The lowest BCUT2D eigenvalue weighted by molar-refractivity contribution is -0.136. The molecule has 25 heavy (non-hydrogen) atoms. The molecule has 0 amide bonds. The Morgan fingerprint density at radius 3 is 2.04 bits per heavy atom. The number of aliphatic carboxylic acids is 1. The third kappa shape index (κ3) is 5.53. The van der Waals surface area contributed by atoms with E-state index in [1.807, 2.05) is 31.2 Å². The number of hydrogen-bond acceptors (Lipinski definition) is 3. The zero-order valence-corrected chi connectivity index (χ0v) is 14.7. The van der Waals surface area contributed by atoms with Crippen molar-refractivity contribution in [3.8, 4) is 0 Å². The second-order valence-corrected chi connectivity index (χ2v) is 7.50. The summed E-state index contributed by atoms with van der Waals surface area (Å²) in [5.41, 5.74) is 2.94. The van der Waals surface area contributed by atoms with E-state index in [1.54, 1.807) is 12.1 Å². The van der Waals surface area contributed by atoms with Gasteiger partial charge in [-0.3, -0.25) is 9.00 Å². The van der Waals surface area contributed by atoms with Crippen LogP contribution in [0.25, 0.3) is 0 Å². The van der Waals surface area contributed by atoms with E-state index in [1.165, 1.54) is 12.1 Å². The summed E-state index contributed by atoms with van der Waals surface area (Å²) in [6.07, 6.45) is 0.832. The second-order valence-electron chi connectivity index (χ2n) is 5.88. The van der Waals surface area contributed by atoms with Gasteiger partial charge < -0.3 is 10.2 Å². The van der Waals surface area contributed by atoms with Gasteiger partial charge in [0.15, 0.2) is 0 Å². The van der Waals surface area contributed by atoms with E-state index in [0.717, 1.165) is 11.1 Å². The van der Waals surface area contributed by atoms with Gasteiger partial charge in [-0.2, -0.15) is 0 Å². The number of hydrogen-bond donors (Lipinski definition) is 2. The zero-order chi connectivity index (χ0) is 18.4. The first-order chi connectivity index (χ1) is 11.9. The molecule has 2 aromatic carbocycles. The van der Waals surface area contributed by atoms with Crippen molar-refractivity contribution < 1.29 is 24.0 Å². The van der Waals surface area contributed by atoms with Crippen molar-refractivity contribution in [2.45, 2.75) is 30.8 Å². The molecule has 0 aromatic heterocycles. The maximum Gasteiger partial charge on any atom is 0.335 e. The van der Waals surface area contributed by atoms with Crippen LogP contribution in [0.5, 0.6) is 0 Å². The SMILES string of the molecule is Cc1ccc(CCC(C(=O)O)S(=O)Cc2ccc(C(=O)O)cc2)cc1. The van der Waals surface area contributed by atoms with Crippen LogP contribution in [0.2, 0.25) is 0 Å². The summed E-state index contributed by atoms with van der Waals surface area (Å²) in [4.78, 5) is 22.3. The molecule has 0 saturated heterocycles. The van der Waals surface area contributed by atoms with Gasteiger partial charge in [0.2, 0.25) is 0 Å². The van der Waals surface area contributed by atoms with Crippen molar-refractivity contribution in [2.75, 3.05) is 0 Å². The van der Waals surface area contributed by atoms with E-state index in [-0.39, 0.29) is 17.7 Å². The van der Waals surface area contributed by atoms with E-state index in [0.29, 0.717) is 12.0 Å². The Balaban J connectivity index is 2.00. The molecule has 132 valence electrons. The number of rotatable bonds is 8. The van der Waals surface area contributed by atoms with Gasteiger partial charge in [-0.25, -0.2) is 4.79 Å². The Hall–Kier alpha value is -2.47. The molecule has 0 aliphatic heterocycles. The van der Waals surface area contributed by atoms with Crippen molar-refractivity contribution >= 4 is 22.7 Å². The predicted molar refractivity (Wildman–Crippen MR) is 96.2 cm³/mol. The van der Waals surface area contributed by atoms with Crippen LogP contribution >= 0.6 is 0 Å². The fraction of sp³-hybridized carbons (Fsp3) is 0.263. The Kier molecular flexibility index (Phi) is 6.47. The zero-order valence-electron chi connectivity index (χ0n) is 13.8. The predicted octanol–water partition coefficient (Wildman–Crippen LogP) is 3.03. The van der Waals surface area contributed by atoms with Gasteiger partial charge >= 0.3 is 11.9 Å². The molecule has 0 saturated carbocycles. The van der Waals surface area contributed by atoms with Crippen molar-refractivity contribution in [3.05, 3.63) is 70.8 Å². The monoisotopic (exact) mass is 360 g/mol. The molecule has 0 heterocycles. The van der Waals surface area contributed by atoms with Crippen molar-refractivity contribution in [1.29, 1.82) is 0 Å². The average molecular weight is 360 g/mol. The van der Waals surface area contributed by atoms with E-state index in [2.05, 4.69) is 0 Å². The number of aromatic carboxylic acids is 1. The molecule has 0 aliphatic carbocycles. The van der Waals surface area contributed by atoms with E-state index < -0.39 is 28.0 Å². The smallest absolute Gasteiger partial charge is 0.335 e. The molecule has 0 fully saturated rings. The lowest BCUT2D eigenvalue weighted by Gasteiger charge is -2.13. The quantitative estimate of drug-likeness (QED) is 0.755. The third-order valence-electron chi connectivity index (χ3n) is 3.92. The molecular weight excluding hydrogens is 340 g/mol. The fourth-order valence-electron chi connectivity index (χ4n) is 2.43. The molecule has 0 radical (unpaired) electrons. The first-order valence-corrected chi connectivity index (χ1v) is 9.23. The molecule has 0 aliphatic rings. The average Bonchev–Trinajstić information content (AvgIpc) is 2.57. The van der Waals surface area contributed by atoms with Crippen molar-refractivity contribution in [2.24, 2.45) is 0 Å². The highest BCUT2D eigenvalue weighted by molar-refractivity contribution is 7.85. The first kappa shape index (κ1) is 18.9. The number of benzene rings is 2. The van der Waals surface area contributed by atoms with Gasteiger partial charge in [0.25, 0.3) is 0 Å². The summed E-state index contributed by atoms with van der Waals surface area (Å²) in [6, 6.07) is 13.8. The number of carboxylic acids is 2. The molecule has 2 atom stereocenters. The molecule has 6 heteroatoms. The van der Waals surface area contributed by atoms with Crippen LogP contribution in [-0.4, -0.2) is 31.6 Å². The number of aryl methyl sites for hydroxylation is 2. The van der Waals surface area contributed by atoms with Crippen LogP contribution in [0, 0.1) is 6.92 Å². The summed E-state index contributed by atoms with van der Waals surface area (Å²) < 4.78 is 12.5. The van der Waals surface area contributed by atoms with Crippen molar-refractivity contribution in [3.63, 3.8) is 0 Å². The molecule has 0 spiro atoms. The normalized spacial score (nSPS) is 13.2. The van der Waals surface area contributed by atoms with Gasteiger partial charge in [-0.15, -0.1) is 0 Å². The summed E-state index contributed by atoms with van der Waals surface area (Å²) in [6.45, 7) is 1.98. The van der Waals surface area contributed by atoms with Gasteiger partial charge in [-0.05, 0) is 43.0 Å². The highest BCUT2D eigenvalue weighted by atomic mass is 32.2.